The highest BCUT2D eigenvalue weighted by atomic mass is 32.1. The maximum atomic E-state index is 12.6. The SMILES string of the molecule is N#CN1[C@H]2CC[C@@H]1[C@H](NC(=O)c1csc(-c3cccc(C4CC4)c3)n1)C2. The lowest BCUT2D eigenvalue weighted by atomic mass is 9.95. The van der Waals surface area contributed by atoms with Gasteiger partial charge in [-0.05, 0) is 49.7 Å². The van der Waals surface area contributed by atoms with Crippen LogP contribution in [0.5, 0.6) is 0 Å². The molecular formula is C20H20N4OS. The van der Waals surface area contributed by atoms with Gasteiger partial charge in [-0.3, -0.25) is 4.79 Å². The summed E-state index contributed by atoms with van der Waals surface area (Å²) in [7, 11) is 0. The van der Waals surface area contributed by atoms with Crippen molar-refractivity contribution in [1.82, 2.24) is 15.2 Å². The third-order valence-electron chi connectivity index (χ3n) is 5.89. The molecule has 0 radical (unpaired) electrons. The monoisotopic (exact) mass is 364 g/mol. The molecule has 2 aliphatic heterocycles. The van der Waals surface area contributed by atoms with E-state index in [1.807, 2.05) is 10.3 Å². The first-order valence-corrected chi connectivity index (χ1v) is 10.2. The van der Waals surface area contributed by atoms with Crippen LogP contribution >= 0.6 is 11.3 Å². The first-order chi connectivity index (χ1) is 12.7. The van der Waals surface area contributed by atoms with Gasteiger partial charge in [0, 0.05) is 17.0 Å². The highest BCUT2D eigenvalue weighted by Gasteiger charge is 2.46. The molecule has 26 heavy (non-hydrogen) atoms. The van der Waals surface area contributed by atoms with Crippen LogP contribution in [0.25, 0.3) is 10.6 Å². The third kappa shape index (κ3) is 2.67. The number of hydrogen-bond acceptors (Lipinski definition) is 5. The van der Waals surface area contributed by atoms with E-state index in [9.17, 15) is 10.1 Å². The Hall–Kier alpha value is -2.39. The largest absolute Gasteiger partial charge is 0.346 e. The molecule has 1 aliphatic carbocycles. The number of aromatic nitrogens is 1. The van der Waals surface area contributed by atoms with Crippen molar-refractivity contribution >= 4 is 17.2 Å². The minimum absolute atomic E-state index is 0.0595. The lowest BCUT2D eigenvalue weighted by Crippen LogP contribution is -2.43. The smallest absolute Gasteiger partial charge is 0.271 e. The fraction of sp³-hybridized carbons (Fsp3) is 0.450. The van der Waals surface area contributed by atoms with Crippen molar-refractivity contribution in [3.63, 3.8) is 0 Å². The van der Waals surface area contributed by atoms with Gasteiger partial charge < -0.3 is 10.2 Å². The predicted octanol–water partition coefficient (Wildman–Crippen LogP) is 3.50. The van der Waals surface area contributed by atoms with Crippen molar-refractivity contribution in [2.75, 3.05) is 0 Å². The molecule has 5 nitrogen and oxygen atoms in total. The van der Waals surface area contributed by atoms with Crippen LogP contribution in [0.3, 0.4) is 0 Å². The quantitative estimate of drug-likeness (QED) is 0.843. The summed E-state index contributed by atoms with van der Waals surface area (Å²) in [6.07, 6.45) is 7.74. The van der Waals surface area contributed by atoms with E-state index in [-0.39, 0.29) is 18.0 Å². The second-order valence-corrected chi connectivity index (χ2v) is 8.42. The van der Waals surface area contributed by atoms with Crippen LogP contribution in [0.15, 0.2) is 29.6 Å². The van der Waals surface area contributed by atoms with Gasteiger partial charge in [-0.15, -0.1) is 11.3 Å². The molecule has 3 aliphatic rings. The van der Waals surface area contributed by atoms with Gasteiger partial charge in [0.15, 0.2) is 6.19 Å². The molecule has 1 saturated carbocycles. The summed E-state index contributed by atoms with van der Waals surface area (Å²) >= 11 is 1.52. The Morgan fingerprint density at radius 3 is 2.96 bits per heavy atom. The van der Waals surface area contributed by atoms with Gasteiger partial charge in [0.1, 0.15) is 10.7 Å². The topological polar surface area (TPSA) is 69.0 Å². The second kappa shape index (κ2) is 6.10. The van der Waals surface area contributed by atoms with E-state index < -0.39 is 0 Å². The highest BCUT2D eigenvalue weighted by Crippen LogP contribution is 2.41. The summed E-state index contributed by atoms with van der Waals surface area (Å²) in [6.45, 7) is 0. The van der Waals surface area contributed by atoms with Crippen LogP contribution in [-0.2, 0) is 0 Å². The Labute approximate surface area is 156 Å². The first kappa shape index (κ1) is 15.8. The molecule has 6 heteroatoms. The molecule has 3 fully saturated rings. The van der Waals surface area contributed by atoms with Crippen LogP contribution in [0.4, 0.5) is 0 Å². The molecule has 1 aromatic heterocycles. The lowest BCUT2D eigenvalue weighted by molar-refractivity contribution is 0.0924. The number of nitrogens with zero attached hydrogens (tertiary/aromatic N) is 3. The molecule has 2 aromatic rings. The number of thiazole rings is 1. The van der Waals surface area contributed by atoms with Gasteiger partial charge in [0.25, 0.3) is 5.91 Å². The zero-order chi connectivity index (χ0) is 17.7. The molecule has 3 atom stereocenters. The van der Waals surface area contributed by atoms with Gasteiger partial charge in [-0.1, -0.05) is 18.2 Å². The molecular weight excluding hydrogens is 344 g/mol. The maximum absolute atomic E-state index is 12.6. The Morgan fingerprint density at radius 1 is 1.31 bits per heavy atom. The van der Waals surface area contributed by atoms with Gasteiger partial charge >= 0.3 is 0 Å². The summed E-state index contributed by atoms with van der Waals surface area (Å²) in [6, 6.07) is 9.04. The number of nitriles is 1. The van der Waals surface area contributed by atoms with Gasteiger partial charge in [-0.25, -0.2) is 4.98 Å². The number of hydrogen-bond donors (Lipinski definition) is 1. The van der Waals surface area contributed by atoms with Crippen LogP contribution in [0.2, 0.25) is 0 Å². The van der Waals surface area contributed by atoms with Crippen molar-refractivity contribution < 1.29 is 4.79 Å². The van der Waals surface area contributed by atoms with E-state index >= 15 is 0 Å². The van der Waals surface area contributed by atoms with Crippen molar-refractivity contribution in [2.45, 2.75) is 56.1 Å². The average molecular weight is 364 g/mol. The average Bonchev–Trinajstić information content (AvgIpc) is 3.13. The Morgan fingerprint density at radius 2 is 2.19 bits per heavy atom. The molecule has 132 valence electrons. The lowest BCUT2D eigenvalue weighted by Gasteiger charge is -2.21. The standard InChI is InChI=1S/C20H20N4OS/c21-11-24-15-6-7-18(24)16(9-15)22-19(25)17-10-26-20(23-17)14-3-1-2-13(8-14)12-4-5-12/h1-3,8,10,12,15-16,18H,4-7,9H2,(H,22,25)/t15-,16+,18+/m0/s1. The van der Waals surface area contributed by atoms with E-state index in [1.165, 1.54) is 29.7 Å². The van der Waals surface area contributed by atoms with Crippen molar-refractivity contribution in [3.05, 3.63) is 40.9 Å². The fourth-order valence-electron chi connectivity index (χ4n) is 4.39. The molecule has 2 bridgehead atoms. The van der Waals surface area contributed by atoms with Gasteiger partial charge in [0.2, 0.25) is 0 Å². The maximum Gasteiger partial charge on any atom is 0.271 e. The molecule has 5 rings (SSSR count). The van der Waals surface area contributed by atoms with Crippen molar-refractivity contribution in [2.24, 2.45) is 0 Å². The fourth-order valence-corrected chi connectivity index (χ4v) is 5.19. The molecule has 2 saturated heterocycles. The Balaban J connectivity index is 1.30. The number of rotatable bonds is 4. The summed E-state index contributed by atoms with van der Waals surface area (Å²) < 4.78 is 0. The third-order valence-corrected chi connectivity index (χ3v) is 6.78. The molecule has 1 aromatic carbocycles. The zero-order valence-corrected chi connectivity index (χ0v) is 15.2. The molecule has 1 amide bonds. The minimum atomic E-state index is -0.124. The normalized spacial score (nSPS) is 26.7. The number of carbonyl (C=O) groups is 1. The van der Waals surface area contributed by atoms with E-state index in [0.717, 1.165) is 29.8 Å². The minimum Gasteiger partial charge on any atom is -0.346 e. The van der Waals surface area contributed by atoms with E-state index in [2.05, 4.69) is 40.8 Å². The van der Waals surface area contributed by atoms with Crippen molar-refractivity contribution in [3.8, 4) is 16.8 Å². The zero-order valence-electron chi connectivity index (χ0n) is 14.4. The van der Waals surface area contributed by atoms with Crippen LogP contribution in [0.1, 0.15) is 54.1 Å². The van der Waals surface area contributed by atoms with Crippen LogP contribution < -0.4 is 5.32 Å². The number of amides is 1. The number of carbonyl (C=O) groups excluding carboxylic acids is 1. The van der Waals surface area contributed by atoms with E-state index in [4.69, 9.17) is 0 Å². The molecule has 0 unspecified atom stereocenters. The van der Waals surface area contributed by atoms with Crippen LogP contribution in [-0.4, -0.2) is 33.9 Å². The van der Waals surface area contributed by atoms with Crippen molar-refractivity contribution in [1.29, 1.82) is 5.26 Å². The van der Waals surface area contributed by atoms with Crippen LogP contribution in [0, 0.1) is 11.5 Å². The summed E-state index contributed by atoms with van der Waals surface area (Å²) in [5.74, 6) is 0.583. The number of fused-ring (bicyclic) bond motifs is 2. The summed E-state index contributed by atoms with van der Waals surface area (Å²) in [5.41, 5.74) is 2.95. The Kier molecular flexibility index (Phi) is 3.71. The molecule has 3 heterocycles. The Bertz CT molecular complexity index is 897. The van der Waals surface area contributed by atoms with E-state index in [0.29, 0.717) is 17.7 Å². The molecule has 0 spiro atoms. The van der Waals surface area contributed by atoms with Gasteiger partial charge in [-0.2, -0.15) is 5.26 Å². The number of benzene rings is 1. The summed E-state index contributed by atoms with van der Waals surface area (Å²) in [4.78, 5) is 19.1. The molecule has 1 N–H and O–H groups in total. The predicted molar refractivity (Wildman–Crippen MR) is 99.7 cm³/mol. The number of nitrogens with one attached hydrogen (secondary N) is 1. The van der Waals surface area contributed by atoms with E-state index in [1.54, 1.807) is 0 Å². The highest BCUT2D eigenvalue weighted by molar-refractivity contribution is 7.13. The summed E-state index contributed by atoms with van der Waals surface area (Å²) in [5, 5.41) is 15.1. The van der Waals surface area contributed by atoms with Gasteiger partial charge in [0.05, 0.1) is 12.1 Å². The first-order valence-electron chi connectivity index (χ1n) is 9.27. The second-order valence-electron chi connectivity index (χ2n) is 7.56.